The summed E-state index contributed by atoms with van der Waals surface area (Å²) in [7, 11) is -3.07. The number of carbonyl (C=O) groups excluding carboxylic acids is 1. The highest BCUT2D eigenvalue weighted by Crippen LogP contribution is 2.36. The molecule has 0 saturated heterocycles. The largest absolute Gasteiger partial charge is 0.446 e. The molecular weight excluding hydrogens is 406 g/mol. The number of anilines is 2. The molecule has 30 heavy (non-hydrogen) atoms. The molecule has 1 saturated carbocycles. The molecular formula is C20H27N5O4S. The van der Waals surface area contributed by atoms with Crippen molar-refractivity contribution in [1.29, 1.82) is 0 Å². The Labute approximate surface area is 175 Å². The summed E-state index contributed by atoms with van der Waals surface area (Å²) in [6.45, 7) is 3.80. The van der Waals surface area contributed by atoms with Gasteiger partial charge in [-0.2, -0.15) is 5.10 Å². The van der Waals surface area contributed by atoms with Crippen LogP contribution >= 0.6 is 0 Å². The smallest absolute Gasteiger partial charge is 0.407 e. The molecule has 2 atom stereocenters. The zero-order valence-electron chi connectivity index (χ0n) is 17.1. The minimum atomic E-state index is -3.07. The summed E-state index contributed by atoms with van der Waals surface area (Å²) >= 11 is 0. The first kappa shape index (κ1) is 20.6. The lowest BCUT2D eigenvalue weighted by Gasteiger charge is -2.18. The summed E-state index contributed by atoms with van der Waals surface area (Å²) in [5, 5.41) is 13.5. The van der Waals surface area contributed by atoms with Gasteiger partial charge < -0.3 is 15.4 Å². The number of fused-ring (bicyclic) bond motifs is 1. The van der Waals surface area contributed by atoms with Gasteiger partial charge in [-0.3, -0.25) is 10.1 Å². The maximum atomic E-state index is 11.9. The van der Waals surface area contributed by atoms with Gasteiger partial charge in [0, 0.05) is 35.6 Å². The number of ether oxygens (including phenoxy) is 1. The van der Waals surface area contributed by atoms with E-state index in [1.165, 1.54) is 0 Å². The molecule has 2 aromatic heterocycles. The van der Waals surface area contributed by atoms with Gasteiger partial charge in [-0.05, 0) is 51.2 Å². The van der Waals surface area contributed by atoms with E-state index in [2.05, 4.69) is 25.8 Å². The molecule has 1 aliphatic carbocycles. The van der Waals surface area contributed by atoms with Crippen LogP contribution in [0, 0.1) is 0 Å². The van der Waals surface area contributed by atoms with E-state index in [0.717, 1.165) is 36.2 Å². The predicted molar refractivity (Wildman–Crippen MR) is 112 cm³/mol. The van der Waals surface area contributed by atoms with Gasteiger partial charge in [-0.15, -0.1) is 0 Å². The van der Waals surface area contributed by atoms with E-state index < -0.39 is 9.84 Å². The predicted octanol–water partition coefficient (Wildman–Crippen LogP) is 2.79. The second-order valence-electron chi connectivity index (χ2n) is 8.30. The highest BCUT2D eigenvalue weighted by atomic mass is 32.2. The number of nitrogens with one attached hydrogen (secondary N) is 3. The maximum absolute atomic E-state index is 11.9. The summed E-state index contributed by atoms with van der Waals surface area (Å²) in [5.74, 6) is 1.05. The van der Waals surface area contributed by atoms with E-state index in [-0.39, 0.29) is 35.7 Å². The van der Waals surface area contributed by atoms with Gasteiger partial charge in [-0.1, -0.05) is 0 Å². The van der Waals surface area contributed by atoms with Crippen LogP contribution < -0.4 is 10.6 Å². The number of H-pyrrole nitrogens is 1. The molecule has 9 nitrogen and oxygen atoms in total. The van der Waals surface area contributed by atoms with Crippen LogP contribution in [-0.2, 0) is 26.7 Å². The number of aromatic amines is 1. The second kappa shape index (κ2) is 8.25. The van der Waals surface area contributed by atoms with E-state index in [9.17, 15) is 13.2 Å². The Kier molecular flexibility index (Phi) is 5.68. The van der Waals surface area contributed by atoms with Gasteiger partial charge in [-0.25, -0.2) is 13.2 Å². The monoisotopic (exact) mass is 433 g/mol. The summed E-state index contributed by atoms with van der Waals surface area (Å²) < 4.78 is 29.2. The first-order valence-electron chi connectivity index (χ1n) is 10.3. The Morgan fingerprint density at radius 2 is 2.17 bits per heavy atom. The van der Waals surface area contributed by atoms with Crippen LogP contribution in [0.3, 0.4) is 0 Å². The minimum absolute atomic E-state index is 0.0164. The number of nitrogens with zero attached hydrogens (tertiary/aromatic N) is 2. The first-order valence-corrected chi connectivity index (χ1v) is 12.1. The number of carbonyl (C=O) groups is 1. The maximum Gasteiger partial charge on any atom is 0.407 e. The molecule has 10 heteroatoms. The summed E-state index contributed by atoms with van der Waals surface area (Å²) in [5.41, 5.74) is 3.38. The Morgan fingerprint density at radius 1 is 1.33 bits per heavy atom. The second-order valence-corrected chi connectivity index (χ2v) is 10.5. The van der Waals surface area contributed by atoms with Crippen molar-refractivity contribution in [2.45, 2.75) is 63.3 Å². The van der Waals surface area contributed by atoms with E-state index >= 15 is 0 Å². The van der Waals surface area contributed by atoms with Crippen molar-refractivity contribution < 1.29 is 17.9 Å². The van der Waals surface area contributed by atoms with Crippen LogP contribution in [0.15, 0.2) is 18.3 Å². The lowest BCUT2D eigenvalue weighted by molar-refractivity contribution is 0.0981. The van der Waals surface area contributed by atoms with Gasteiger partial charge in [0.25, 0.3) is 0 Å². The fourth-order valence-electron chi connectivity index (χ4n) is 4.09. The minimum Gasteiger partial charge on any atom is -0.446 e. The summed E-state index contributed by atoms with van der Waals surface area (Å²) in [4.78, 5) is 16.1. The van der Waals surface area contributed by atoms with Crippen molar-refractivity contribution in [2.24, 2.45) is 0 Å². The number of hydrogen-bond acceptors (Lipinski definition) is 7. The van der Waals surface area contributed by atoms with Crippen molar-refractivity contribution in [3.05, 3.63) is 35.3 Å². The van der Waals surface area contributed by atoms with Crippen molar-refractivity contribution in [2.75, 3.05) is 11.1 Å². The molecule has 1 amide bonds. The standard InChI is InChI=1S/C20H27N5O4S/c1-12(2)22-20(26)29-14-4-3-13(9-14)17-10-19(25-24-17)23-16-5-7-21-18-11-30(27,28)8-6-15(16)18/h5,7,10,12-14H,3-4,6,8-9,11H2,1-2H3,(H,22,26)(H2,21,23,24,25)/t13-,14+/m0/s1. The third-order valence-corrected chi connectivity index (χ3v) is 7.07. The number of hydrogen-bond donors (Lipinski definition) is 3. The molecule has 2 aromatic rings. The van der Waals surface area contributed by atoms with Gasteiger partial charge in [0.2, 0.25) is 0 Å². The molecule has 1 fully saturated rings. The highest BCUT2D eigenvalue weighted by Gasteiger charge is 2.30. The lowest BCUT2D eigenvalue weighted by Crippen LogP contribution is -2.33. The van der Waals surface area contributed by atoms with Gasteiger partial charge in [0.15, 0.2) is 15.7 Å². The zero-order valence-corrected chi connectivity index (χ0v) is 18.0. The number of sulfone groups is 1. The number of alkyl carbamates (subject to hydrolysis) is 1. The Balaban J connectivity index is 1.40. The zero-order chi connectivity index (χ0) is 21.3. The molecule has 0 radical (unpaired) electrons. The van der Waals surface area contributed by atoms with Gasteiger partial charge in [0.1, 0.15) is 6.10 Å². The number of amides is 1. The van der Waals surface area contributed by atoms with Crippen molar-refractivity contribution in [3.63, 3.8) is 0 Å². The van der Waals surface area contributed by atoms with E-state index in [0.29, 0.717) is 17.9 Å². The van der Waals surface area contributed by atoms with Crippen molar-refractivity contribution in [1.82, 2.24) is 20.5 Å². The molecule has 0 bridgehead atoms. The number of rotatable bonds is 5. The Morgan fingerprint density at radius 3 is 2.97 bits per heavy atom. The third kappa shape index (κ3) is 4.75. The quantitative estimate of drug-likeness (QED) is 0.662. The SMILES string of the molecule is CC(C)NC(=O)O[C@@H]1CC[C@H](c2cc(Nc3ccnc4c3CCS(=O)(=O)C4)n[nH]2)C1. The Hall–Kier alpha value is -2.62. The average Bonchev–Trinajstić information content (AvgIpc) is 3.29. The molecule has 0 spiro atoms. The van der Waals surface area contributed by atoms with Crippen LogP contribution in [0.1, 0.15) is 56.0 Å². The molecule has 3 N–H and O–H groups in total. The topological polar surface area (TPSA) is 126 Å². The normalized spacial score (nSPS) is 22.5. The lowest BCUT2D eigenvalue weighted by atomic mass is 10.0. The van der Waals surface area contributed by atoms with Crippen LogP contribution in [0.4, 0.5) is 16.3 Å². The van der Waals surface area contributed by atoms with Crippen molar-refractivity contribution >= 4 is 27.4 Å². The molecule has 0 unspecified atom stereocenters. The molecule has 0 aromatic carbocycles. The van der Waals surface area contributed by atoms with Gasteiger partial charge in [0.05, 0.1) is 17.2 Å². The molecule has 1 aliphatic heterocycles. The van der Waals surface area contributed by atoms with Gasteiger partial charge >= 0.3 is 6.09 Å². The fraction of sp³-hybridized carbons (Fsp3) is 0.550. The molecule has 2 aliphatic rings. The molecule has 3 heterocycles. The molecule has 4 rings (SSSR count). The van der Waals surface area contributed by atoms with E-state index in [1.807, 2.05) is 26.0 Å². The highest BCUT2D eigenvalue weighted by molar-refractivity contribution is 7.90. The van der Waals surface area contributed by atoms with Crippen molar-refractivity contribution in [3.8, 4) is 0 Å². The summed E-state index contributed by atoms with van der Waals surface area (Å²) in [6.07, 6.45) is 4.11. The van der Waals surface area contributed by atoms with E-state index in [4.69, 9.17) is 4.74 Å². The van der Waals surface area contributed by atoms with Crippen LogP contribution in [0.2, 0.25) is 0 Å². The fourth-order valence-corrected chi connectivity index (χ4v) is 5.42. The molecule has 162 valence electrons. The number of pyridine rings is 1. The third-order valence-electron chi connectivity index (χ3n) is 5.53. The number of aromatic nitrogens is 3. The van der Waals surface area contributed by atoms with Crippen LogP contribution in [-0.4, -0.2) is 47.6 Å². The van der Waals surface area contributed by atoms with Crippen LogP contribution in [0.5, 0.6) is 0 Å². The summed E-state index contributed by atoms with van der Waals surface area (Å²) in [6, 6.07) is 3.86. The Bertz CT molecular complexity index is 1030. The van der Waals surface area contributed by atoms with Crippen LogP contribution in [0.25, 0.3) is 0 Å². The average molecular weight is 434 g/mol. The first-order chi connectivity index (χ1) is 14.3. The van der Waals surface area contributed by atoms with E-state index in [1.54, 1.807) is 6.20 Å².